The van der Waals surface area contributed by atoms with Gasteiger partial charge in [-0.25, -0.2) is 0 Å². The van der Waals surface area contributed by atoms with Crippen molar-refractivity contribution in [3.8, 4) is 12.3 Å². The molecule has 1 amide bonds. The van der Waals surface area contributed by atoms with Crippen molar-refractivity contribution in [3.05, 3.63) is 0 Å². The molecule has 1 saturated heterocycles. The van der Waals surface area contributed by atoms with Crippen molar-refractivity contribution in [2.24, 2.45) is 5.92 Å². The van der Waals surface area contributed by atoms with Gasteiger partial charge in [-0.2, -0.15) is 0 Å². The van der Waals surface area contributed by atoms with Gasteiger partial charge >= 0.3 is 0 Å². The molecule has 1 fully saturated rings. The highest BCUT2D eigenvalue weighted by Gasteiger charge is 2.19. The van der Waals surface area contributed by atoms with Gasteiger partial charge in [-0.05, 0) is 31.7 Å². The monoisotopic (exact) mass is 222 g/mol. The maximum atomic E-state index is 11.3. The first-order valence-electron chi connectivity index (χ1n) is 6.18. The van der Waals surface area contributed by atoms with Crippen molar-refractivity contribution in [2.45, 2.75) is 32.6 Å². The van der Waals surface area contributed by atoms with Crippen LogP contribution in [0.2, 0.25) is 0 Å². The van der Waals surface area contributed by atoms with Crippen molar-refractivity contribution in [1.82, 2.24) is 10.2 Å². The average molecular weight is 222 g/mol. The van der Waals surface area contributed by atoms with Gasteiger partial charge in [0, 0.05) is 19.5 Å². The normalized spacial score (nSPS) is 21.4. The molecule has 1 rings (SSSR count). The Morgan fingerprint density at radius 2 is 2.44 bits per heavy atom. The first kappa shape index (κ1) is 13.1. The molecule has 0 spiro atoms. The van der Waals surface area contributed by atoms with E-state index >= 15 is 0 Å². The smallest absolute Gasteiger partial charge is 0.219 e. The van der Waals surface area contributed by atoms with Crippen LogP contribution in [0.1, 0.15) is 32.6 Å². The summed E-state index contributed by atoms with van der Waals surface area (Å²) in [7, 11) is 0. The van der Waals surface area contributed by atoms with Crippen LogP contribution in [0.15, 0.2) is 0 Å². The Balaban J connectivity index is 2.21. The Bertz CT molecular complexity index is 257. The van der Waals surface area contributed by atoms with E-state index in [4.69, 9.17) is 6.42 Å². The van der Waals surface area contributed by atoms with E-state index < -0.39 is 0 Å². The maximum Gasteiger partial charge on any atom is 0.219 e. The van der Waals surface area contributed by atoms with Crippen LogP contribution >= 0.6 is 0 Å². The van der Waals surface area contributed by atoms with Crippen molar-refractivity contribution < 1.29 is 4.79 Å². The van der Waals surface area contributed by atoms with Crippen molar-refractivity contribution in [3.63, 3.8) is 0 Å². The highest BCUT2D eigenvalue weighted by atomic mass is 16.1. The molecule has 0 radical (unpaired) electrons. The third-order valence-corrected chi connectivity index (χ3v) is 2.98. The molecule has 1 atom stereocenters. The summed E-state index contributed by atoms with van der Waals surface area (Å²) < 4.78 is 0. The Kier molecular flexibility index (Phi) is 5.95. The van der Waals surface area contributed by atoms with Gasteiger partial charge in [0.15, 0.2) is 0 Å². The van der Waals surface area contributed by atoms with E-state index in [0.29, 0.717) is 12.3 Å². The molecule has 0 bridgehead atoms. The number of terminal acetylenes is 1. The zero-order chi connectivity index (χ0) is 11.8. The minimum atomic E-state index is 0.177. The first-order chi connectivity index (χ1) is 7.76. The topological polar surface area (TPSA) is 32.3 Å². The van der Waals surface area contributed by atoms with Crippen LogP contribution in [0, 0.1) is 18.3 Å². The molecule has 16 heavy (non-hydrogen) atoms. The molecule has 1 aliphatic rings. The third kappa shape index (κ3) is 4.67. The van der Waals surface area contributed by atoms with Crippen molar-refractivity contribution in [1.29, 1.82) is 0 Å². The summed E-state index contributed by atoms with van der Waals surface area (Å²) >= 11 is 0. The van der Waals surface area contributed by atoms with Gasteiger partial charge in [0.25, 0.3) is 0 Å². The second-order valence-electron chi connectivity index (χ2n) is 4.50. The second kappa shape index (κ2) is 7.29. The molecule has 0 aliphatic carbocycles. The summed E-state index contributed by atoms with van der Waals surface area (Å²) in [4.78, 5) is 13.6. The fourth-order valence-corrected chi connectivity index (χ4v) is 2.16. The van der Waals surface area contributed by atoms with E-state index in [1.807, 2.05) is 6.92 Å². The van der Waals surface area contributed by atoms with Crippen LogP contribution in [0.5, 0.6) is 0 Å². The lowest BCUT2D eigenvalue weighted by atomic mass is 9.98. The number of carbonyl (C=O) groups is 1. The number of carbonyl (C=O) groups excluding carboxylic acids is 1. The van der Waals surface area contributed by atoms with Gasteiger partial charge in [0.05, 0.1) is 6.54 Å². The van der Waals surface area contributed by atoms with E-state index in [9.17, 15) is 4.79 Å². The fourth-order valence-electron chi connectivity index (χ4n) is 2.16. The van der Waals surface area contributed by atoms with Crippen LogP contribution in [-0.4, -0.2) is 37.0 Å². The Hall–Kier alpha value is -1.01. The predicted molar refractivity (Wildman–Crippen MR) is 65.9 cm³/mol. The molecule has 3 heteroatoms. The zero-order valence-electron chi connectivity index (χ0n) is 10.2. The molecule has 0 aromatic heterocycles. The van der Waals surface area contributed by atoms with E-state index in [0.717, 1.165) is 32.6 Å². The standard InChI is InChI=1S/C13H22N2O/c1-3-6-13(16)14-10-12-7-5-9-15(11-12)8-4-2/h2,12H,3,5-11H2,1H3,(H,14,16)/t12-/m0/s1. The number of hydrogen-bond acceptors (Lipinski definition) is 2. The molecule has 0 aromatic carbocycles. The van der Waals surface area contributed by atoms with Gasteiger partial charge in [-0.3, -0.25) is 9.69 Å². The number of amides is 1. The maximum absolute atomic E-state index is 11.3. The van der Waals surface area contributed by atoms with Crippen LogP contribution in [0.4, 0.5) is 0 Å². The Morgan fingerprint density at radius 3 is 3.12 bits per heavy atom. The van der Waals surface area contributed by atoms with Crippen LogP contribution < -0.4 is 5.32 Å². The molecular weight excluding hydrogens is 200 g/mol. The SMILES string of the molecule is C#CCN1CCC[C@@H](CNC(=O)CCC)C1. The lowest BCUT2D eigenvalue weighted by Gasteiger charge is -2.31. The van der Waals surface area contributed by atoms with E-state index in [2.05, 4.69) is 16.1 Å². The molecule has 0 unspecified atom stereocenters. The molecule has 1 aliphatic heterocycles. The highest BCUT2D eigenvalue weighted by Crippen LogP contribution is 2.15. The van der Waals surface area contributed by atoms with Gasteiger partial charge in [-0.15, -0.1) is 6.42 Å². The molecule has 1 N–H and O–H groups in total. The molecule has 90 valence electrons. The highest BCUT2D eigenvalue weighted by molar-refractivity contribution is 5.75. The molecular formula is C13H22N2O. The van der Waals surface area contributed by atoms with E-state index in [1.165, 1.54) is 12.8 Å². The summed E-state index contributed by atoms with van der Waals surface area (Å²) in [6, 6.07) is 0. The van der Waals surface area contributed by atoms with Crippen molar-refractivity contribution in [2.75, 3.05) is 26.2 Å². The summed E-state index contributed by atoms with van der Waals surface area (Å²) in [5.41, 5.74) is 0. The zero-order valence-corrected chi connectivity index (χ0v) is 10.2. The fraction of sp³-hybridized carbons (Fsp3) is 0.769. The quantitative estimate of drug-likeness (QED) is 0.710. The molecule has 0 aromatic rings. The van der Waals surface area contributed by atoms with Crippen LogP contribution in [-0.2, 0) is 4.79 Å². The first-order valence-corrected chi connectivity index (χ1v) is 6.18. The van der Waals surface area contributed by atoms with Gasteiger partial charge < -0.3 is 5.32 Å². The summed E-state index contributed by atoms with van der Waals surface area (Å²) in [5.74, 6) is 3.43. The van der Waals surface area contributed by atoms with Crippen molar-refractivity contribution >= 4 is 5.91 Å². The van der Waals surface area contributed by atoms with Gasteiger partial charge in [0.2, 0.25) is 5.91 Å². The predicted octanol–water partition coefficient (Wildman–Crippen LogP) is 1.25. The minimum absolute atomic E-state index is 0.177. The summed E-state index contributed by atoms with van der Waals surface area (Å²) in [5, 5.41) is 3.00. The van der Waals surface area contributed by atoms with Gasteiger partial charge in [0.1, 0.15) is 0 Å². The Morgan fingerprint density at radius 1 is 1.62 bits per heavy atom. The lowest BCUT2D eigenvalue weighted by Crippen LogP contribution is -2.40. The third-order valence-electron chi connectivity index (χ3n) is 2.98. The number of hydrogen-bond donors (Lipinski definition) is 1. The summed E-state index contributed by atoms with van der Waals surface area (Å²) in [6.45, 7) is 5.69. The number of rotatable bonds is 5. The average Bonchev–Trinajstić information content (AvgIpc) is 2.28. The molecule has 0 saturated carbocycles. The second-order valence-corrected chi connectivity index (χ2v) is 4.50. The minimum Gasteiger partial charge on any atom is -0.356 e. The Labute approximate surface area is 98.6 Å². The van der Waals surface area contributed by atoms with Crippen LogP contribution in [0.25, 0.3) is 0 Å². The van der Waals surface area contributed by atoms with Crippen LogP contribution in [0.3, 0.4) is 0 Å². The summed E-state index contributed by atoms with van der Waals surface area (Å²) in [6.07, 6.45) is 9.25. The molecule has 3 nitrogen and oxygen atoms in total. The number of nitrogens with zero attached hydrogens (tertiary/aromatic N) is 1. The largest absolute Gasteiger partial charge is 0.356 e. The lowest BCUT2D eigenvalue weighted by molar-refractivity contribution is -0.121. The molecule has 1 heterocycles. The number of piperidine rings is 1. The van der Waals surface area contributed by atoms with E-state index in [-0.39, 0.29) is 5.91 Å². The van der Waals surface area contributed by atoms with Gasteiger partial charge in [-0.1, -0.05) is 12.8 Å². The number of likely N-dealkylation sites (tertiary alicyclic amines) is 1. The number of nitrogens with one attached hydrogen (secondary N) is 1. The van der Waals surface area contributed by atoms with E-state index in [1.54, 1.807) is 0 Å².